The van der Waals surface area contributed by atoms with Gasteiger partial charge in [0, 0.05) is 13.0 Å². The van der Waals surface area contributed by atoms with Crippen LogP contribution in [0, 0.1) is 23.2 Å². The van der Waals surface area contributed by atoms with Crippen molar-refractivity contribution >= 4 is 28.9 Å². The van der Waals surface area contributed by atoms with Crippen molar-refractivity contribution in [3.05, 3.63) is 12.2 Å². The zero-order valence-corrected chi connectivity index (χ0v) is 20.0. The molecule has 1 amide bonds. The van der Waals surface area contributed by atoms with E-state index in [1.54, 1.807) is 10.9 Å². The Morgan fingerprint density at radius 2 is 2.06 bits per heavy atom. The summed E-state index contributed by atoms with van der Waals surface area (Å²) in [5.74, 6) is 7.02. The number of likely N-dealkylation sites (N-methyl/N-ethyl adjacent to an activating group) is 1. The third-order valence-electron chi connectivity index (χ3n) is 6.88. The first-order valence-electron chi connectivity index (χ1n) is 11.8. The summed E-state index contributed by atoms with van der Waals surface area (Å²) in [5.41, 5.74) is 6.77. The summed E-state index contributed by atoms with van der Waals surface area (Å²) in [6, 6.07) is 0. The fraction of sp³-hybridized carbons (Fsp3) is 0.625. The van der Waals surface area contributed by atoms with E-state index in [2.05, 4.69) is 32.1 Å². The molecule has 0 spiro atoms. The van der Waals surface area contributed by atoms with Crippen LogP contribution in [0.2, 0.25) is 0 Å². The van der Waals surface area contributed by atoms with Gasteiger partial charge in [-0.2, -0.15) is 0 Å². The van der Waals surface area contributed by atoms with Crippen LogP contribution in [0.3, 0.4) is 0 Å². The molecule has 0 aromatic carbocycles. The summed E-state index contributed by atoms with van der Waals surface area (Å²) in [6.45, 7) is 4.42. The number of amides is 1. The number of hydrogen-bond acceptors (Lipinski definition) is 8. The van der Waals surface area contributed by atoms with Crippen LogP contribution in [0.4, 0.5) is 5.82 Å². The van der Waals surface area contributed by atoms with Gasteiger partial charge in [-0.15, -0.1) is 0 Å². The Hall–Kier alpha value is -3.19. The maximum absolute atomic E-state index is 12.1. The highest BCUT2D eigenvalue weighted by atomic mass is 16.5. The first-order valence-corrected chi connectivity index (χ1v) is 11.8. The lowest BCUT2D eigenvalue weighted by Crippen LogP contribution is -2.34. The molecule has 2 fully saturated rings. The van der Waals surface area contributed by atoms with Gasteiger partial charge in [-0.05, 0) is 64.2 Å². The molecule has 0 radical (unpaired) electrons. The number of methoxy groups -OCH3 is 1. The topological polar surface area (TPSA) is 134 Å². The van der Waals surface area contributed by atoms with Crippen molar-refractivity contribution in [1.82, 2.24) is 24.8 Å². The number of anilines is 1. The van der Waals surface area contributed by atoms with Crippen molar-refractivity contribution < 1.29 is 19.1 Å². The number of aromatic nitrogens is 4. The van der Waals surface area contributed by atoms with Crippen molar-refractivity contribution in [2.24, 2.45) is 11.3 Å². The van der Waals surface area contributed by atoms with E-state index in [4.69, 9.17) is 15.2 Å². The van der Waals surface area contributed by atoms with Gasteiger partial charge in [0.1, 0.15) is 17.8 Å². The average molecular weight is 469 g/mol. The number of nitrogen functional groups attached to an aromatic ring is 1. The van der Waals surface area contributed by atoms with Gasteiger partial charge in [0.05, 0.1) is 18.9 Å². The first-order chi connectivity index (χ1) is 16.3. The average Bonchev–Trinajstić information content (AvgIpc) is 3.47. The Bertz CT molecular complexity index is 1130. The third-order valence-corrected chi connectivity index (χ3v) is 6.88. The number of nitrogens with one attached hydrogen (secondary N) is 1. The second-order valence-electron chi connectivity index (χ2n) is 9.31. The second kappa shape index (κ2) is 9.97. The molecule has 1 aliphatic carbocycles. The summed E-state index contributed by atoms with van der Waals surface area (Å²) < 4.78 is 12.7. The van der Waals surface area contributed by atoms with E-state index >= 15 is 0 Å². The van der Waals surface area contributed by atoms with Gasteiger partial charge < -0.3 is 20.5 Å². The number of rotatable bonds is 5. The number of carbonyl (C=O) groups is 2. The van der Waals surface area contributed by atoms with E-state index in [-0.39, 0.29) is 23.9 Å². The van der Waals surface area contributed by atoms with Crippen LogP contribution in [0.5, 0.6) is 0 Å². The van der Waals surface area contributed by atoms with Crippen molar-refractivity contribution in [2.45, 2.75) is 71.1 Å². The first kappa shape index (κ1) is 24.0. The molecule has 3 heterocycles. The number of hydrogen-bond donors (Lipinski definition) is 2. The molecular formula is C24H32N6O4. The Morgan fingerprint density at radius 1 is 1.29 bits per heavy atom. The largest absolute Gasteiger partial charge is 0.469 e. The summed E-state index contributed by atoms with van der Waals surface area (Å²) >= 11 is 0. The highest BCUT2D eigenvalue weighted by Gasteiger charge is 2.38. The van der Waals surface area contributed by atoms with Crippen molar-refractivity contribution in [2.75, 3.05) is 19.4 Å². The van der Waals surface area contributed by atoms with E-state index in [9.17, 15) is 9.59 Å². The molecule has 10 heteroatoms. The van der Waals surface area contributed by atoms with E-state index in [1.807, 2.05) is 13.8 Å². The van der Waals surface area contributed by atoms with Gasteiger partial charge in [0.2, 0.25) is 11.7 Å². The number of esters is 1. The molecule has 1 saturated carbocycles. The molecule has 3 N–H and O–H groups in total. The highest BCUT2D eigenvalue weighted by Crippen LogP contribution is 2.40. The molecule has 1 aliphatic heterocycles. The van der Waals surface area contributed by atoms with Crippen LogP contribution in [-0.2, 0) is 19.1 Å². The Kier molecular flexibility index (Phi) is 7.03. The highest BCUT2D eigenvalue weighted by molar-refractivity contribution is 5.82. The van der Waals surface area contributed by atoms with Gasteiger partial charge in [-0.1, -0.05) is 5.92 Å². The Balaban J connectivity index is 1.44. The van der Waals surface area contributed by atoms with Gasteiger partial charge >= 0.3 is 5.97 Å². The molecule has 2 atom stereocenters. The minimum absolute atomic E-state index is 0.107. The monoisotopic (exact) mass is 468 g/mol. The van der Waals surface area contributed by atoms with E-state index in [0.717, 1.165) is 25.7 Å². The quantitative estimate of drug-likeness (QED) is 0.504. The molecule has 1 saturated heterocycles. The number of fused-ring (bicyclic) bond motifs is 1. The number of nitrogens with zero attached hydrogens (tertiary/aromatic N) is 4. The molecule has 4 rings (SSSR count). The summed E-state index contributed by atoms with van der Waals surface area (Å²) in [6.07, 6.45) is 6.26. The summed E-state index contributed by atoms with van der Waals surface area (Å²) in [4.78, 5) is 37.3. The molecular weight excluding hydrogens is 436 g/mol. The van der Waals surface area contributed by atoms with E-state index < -0.39 is 11.5 Å². The van der Waals surface area contributed by atoms with Crippen LogP contribution >= 0.6 is 0 Å². The maximum Gasteiger partial charge on any atom is 0.311 e. The summed E-state index contributed by atoms with van der Waals surface area (Å²) in [7, 11) is 1.44. The second-order valence-corrected chi connectivity index (χ2v) is 9.31. The van der Waals surface area contributed by atoms with Crippen molar-refractivity contribution in [1.29, 1.82) is 0 Å². The van der Waals surface area contributed by atoms with Gasteiger partial charge in [-0.3, -0.25) is 14.2 Å². The number of ether oxygens (including phenoxy) is 2. The van der Waals surface area contributed by atoms with Crippen LogP contribution in [0.25, 0.3) is 11.2 Å². The fourth-order valence-electron chi connectivity index (χ4n) is 4.75. The van der Waals surface area contributed by atoms with E-state index in [1.165, 1.54) is 7.11 Å². The molecule has 0 bridgehead atoms. The fourth-order valence-corrected chi connectivity index (χ4v) is 4.75. The van der Waals surface area contributed by atoms with Crippen LogP contribution in [0.1, 0.15) is 70.8 Å². The predicted molar refractivity (Wildman–Crippen MR) is 125 cm³/mol. The molecule has 10 nitrogen and oxygen atoms in total. The predicted octanol–water partition coefficient (Wildman–Crippen LogP) is 2.33. The standard InChI is InChI=1S/C24H32N6O4/c1-4-26-22(31)16-8-9-18(34-16)30-14-27-19-20(25)28-17(29-21(19)30)7-5-6-15-10-12-24(2,13-11-15)23(32)33-3/h14-16,18H,4,6,8-13H2,1-3H3,(H,26,31)(H2,25,28,29)/t15?,16-,18+,24?/m0/s1. The van der Waals surface area contributed by atoms with Gasteiger partial charge in [0.15, 0.2) is 11.5 Å². The Morgan fingerprint density at radius 3 is 2.76 bits per heavy atom. The minimum atomic E-state index is -0.489. The number of nitrogens with two attached hydrogens (primary N) is 1. The van der Waals surface area contributed by atoms with Gasteiger partial charge in [-0.25, -0.2) is 15.0 Å². The molecule has 2 aliphatic rings. The van der Waals surface area contributed by atoms with Crippen LogP contribution in [0.15, 0.2) is 6.33 Å². The third kappa shape index (κ3) is 4.85. The van der Waals surface area contributed by atoms with E-state index in [0.29, 0.717) is 48.7 Å². The van der Waals surface area contributed by atoms with Crippen LogP contribution < -0.4 is 11.1 Å². The zero-order chi connectivity index (χ0) is 24.3. The van der Waals surface area contributed by atoms with Crippen molar-refractivity contribution in [3.63, 3.8) is 0 Å². The van der Waals surface area contributed by atoms with Crippen LogP contribution in [-0.4, -0.2) is 51.2 Å². The SMILES string of the molecule is CCNC(=O)[C@@H]1CC[C@H](n2cnc3c(N)nc(C#CCC4CCC(C)(C(=O)OC)CC4)nc32)O1. The van der Waals surface area contributed by atoms with Crippen molar-refractivity contribution in [3.8, 4) is 11.8 Å². The lowest BCUT2D eigenvalue weighted by molar-refractivity contribution is -0.154. The molecule has 2 aromatic rings. The zero-order valence-electron chi connectivity index (χ0n) is 20.0. The Labute approximate surface area is 199 Å². The molecule has 0 unspecified atom stereocenters. The lowest BCUT2D eigenvalue weighted by atomic mass is 9.71. The number of carbonyl (C=O) groups excluding carboxylic acids is 2. The molecule has 182 valence electrons. The number of imidazole rings is 1. The smallest absolute Gasteiger partial charge is 0.311 e. The molecule has 34 heavy (non-hydrogen) atoms. The lowest BCUT2D eigenvalue weighted by Gasteiger charge is -2.34. The molecule has 2 aromatic heterocycles. The van der Waals surface area contributed by atoms with Gasteiger partial charge in [0.25, 0.3) is 0 Å². The normalized spacial score (nSPS) is 26.6. The minimum Gasteiger partial charge on any atom is -0.469 e. The maximum atomic E-state index is 12.1. The summed E-state index contributed by atoms with van der Waals surface area (Å²) in [5, 5.41) is 2.80.